The fourth-order valence-electron chi connectivity index (χ4n) is 1.99. The fraction of sp³-hybridized carbons (Fsp3) is 0. The number of thiophene rings is 2. The standard InChI is InChI=1S/C12H5NO2S2/c13-5-8(12(14)15)9-6-1-3-16-10(6)11-7(9)2-4-17-11/h1-4H,(H,14,15). The van der Waals surface area contributed by atoms with Crippen LogP contribution in [0.2, 0.25) is 0 Å². The molecule has 0 saturated heterocycles. The number of fused-ring (bicyclic) bond motifs is 3. The highest BCUT2D eigenvalue weighted by molar-refractivity contribution is 7.21. The Labute approximate surface area is 105 Å². The summed E-state index contributed by atoms with van der Waals surface area (Å²) < 4.78 is 0. The zero-order chi connectivity index (χ0) is 12.0. The van der Waals surface area contributed by atoms with Crippen LogP contribution in [0.15, 0.2) is 28.5 Å². The molecule has 2 aromatic heterocycles. The summed E-state index contributed by atoms with van der Waals surface area (Å²) >= 11 is 3.15. The van der Waals surface area contributed by atoms with E-state index in [9.17, 15) is 4.79 Å². The van der Waals surface area contributed by atoms with Gasteiger partial charge in [0.15, 0.2) is 0 Å². The Balaban J connectivity index is 2.42. The lowest BCUT2D eigenvalue weighted by molar-refractivity contribution is -0.132. The van der Waals surface area contributed by atoms with Crippen LogP contribution in [0.5, 0.6) is 0 Å². The average molecular weight is 259 g/mol. The van der Waals surface area contributed by atoms with Gasteiger partial charge in [-0.25, -0.2) is 4.79 Å². The summed E-state index contributed by atoms with van der Waals surface area (Å²) in [5.41, 5.74) is 2.13. The number of hydrogen-bond acceptors (Lipinski definition) is 4. The minimum Gasteiger partial charge on any atom is -0.477 e. The Kier molecular flexibility index (Phi) is 2.15. The van der Waals surface area contributed by atoms with Crippen LogP contribution in [0.1, 0.15) is 11.1 Å². The van der Waals surface area contributed by atoms with Crippen molar-refractivity contribution in [1.82, 2.24) is 0 Å². The first-order valence-electron chi connectivity index (χ1n) is 4.78. The van der Waals surface area contributed by atoms with Gasteiger partial charge in [0.05, 0.1) is 9.75 Å². The predicted octanol–water partition coefficient (Wildman–Crippen LogP) is 3.20. The average Bonchev–Trinajstić information content (AvgIpc) is 2.94. The third-order valence-electron chi connectivity index (χ3n) is 2.65. The van der Waals surface area contributed by atoms with Gasteiger partial charge in [0.2, 0.25) is 0 Å². The van der Waals surface area contributed by atoms with Crippen LogP contribution in [-0.2, 0) is 4.79 Å². The molecule has 5 heteroatoms. The first-order valence-corrected chi connectivity index (χ1v) is 6.53. The molecular weight excluding hydrogens is 254 g/mol. The van der Waals surface area contributed by atoms with E-state index in [0.29, 0.717) is 5.57 Å². The number of nitriles is 1. The molecule has 17 heavy (non-hydrogen) atoms. The summed E-state index contributed by atoms with van der Waals surface area (Å²) in [4.78, 5) is 13.2. The van der Waals surface area contributed by atoms with Crippen molar-refractivity contribution in [1.29, 1.82) is 5.26 Å². The molecule has 0 aliphatic heterocycles. The fourth-order valence-corrected chi connectivity index (χ4v) is 3.99. The molecule has 0 aromatic carbocycles. The Morgan fingerprint density at radius 2 is 1.71 bits per heavy atom. The molecule has 1 N–H and O–H groups in total. The smallest absolute Gasteiger partial charge is 0.347 e. The van der Waals surface area contributed by atoms with Crippen molar-refractivity contribution in [3.05, 3.63) is 39.6 Å². The van der Waals surface area contributed by atoms with Crippen molar-refractivity contribution < 1.29 is 9.90 Å². The Bertz CT molecular complexity index is 658. The lowest BCUT2D eigenvalue weighted by Gasteiger charge is -2.00. The van der Waals surface area contributed by atoms with E-state index in [2.05, 4.69) is 0 Å². The molecule has 0 saturated carbocycles. The topological polar surface area (TPSA) is 61.1 Å². The number of carboxylic acid groups (broad SMARTS) is 1. The lowest BCUT2D eigenvalue weighted by atomic mass is 10.0. The van der Waals surface area contributed by atoms with Crippen molar-refractivity contribution in [3.8, 4) is 15.8 Å². The zero-order valence-electron chi connectivity index (χ0n) is 8.43. The minimum atomic E-state index is -1.17. The van der Waals surface area contributed by atoms with Gasteiger partial charge in [-0.1, -0.05) is 0 Å². The Morgan fingerprint density at radius 1 is 1.18 bits per heavy atom. The van der Waals surface area contributed by atoms with Crippen LogP contribution < -0.4 is 0 Å². The van der Waals surface area contributed by atoms with E-state index in [0.717, 1.165) is 20.9 Å². The van der Waals surface area contributed by atoms with E-state index in [1.807, 2.05) is 22.9 Å². The number of aliphatic carboxylic acids is 1. The molecule has 3 nitrogen and oxygen atoms in total. The normalized spacial score (nSPS) is 11.8. The second-order valence-electron chi connectivity index (χ2n) is 3.49. The number of carboxylic acids is 1. The molecule has 0 bridgehead atoms. The van der Waals surface area contributed by atoms with Gasteiger partial charge in [0.1, 0.15) is 11.6 Å². The maximum absolute atomic E-state index is 11.1. The van der Waals surface area contributed by atoms with Gasteiger partial charge in [-0.05, 0) is 22.9 Å². The summed E-state index contributed by atoms with van der Waals surface area (Å²) in [6.07, 6.45) is 0. The summed E-state index contributed by atoms with van der Waals surface area (Å²) in [5, 5.41) is 21.9. The second kappa shape index (κ2) is 3.55. The van der Waals surface area contributed by atoms with Crippen LogP contribution in [0.4, 0.5) is 0 Å². The summed E-state index contributed by atoms with van der Waals surface area (Å²) in [6.45, 7) is 0. The van der Waals surface area contributed by atoms with Gasteiger partial charge in [-0.3, -0.25) is 0 Å². The first-order chi connectivity index (χ1) is 8.24. The molecule has 0 fully saturated rings. The van der Waals surface area contributed by atoms with Gasteiger partial charge >= 0.3 is 5.97 Å². The highest BCUT2D eigenvalue weighted by Gasteiger charge is 2.30. The number of nitrogens with zero attached hydrogens (tertiary/aromatic N) is 1. The molecule has 0 amide bonds. The minimum absolute atomic E-state index is 0.179. The van der Waals surface area contributed by atoms with E-state index < -0.39 is 5.97 Å². The molecule has 2 heterocycles. The van der Waals surface area contributed by atoms with Gasteiger partial charge in [0.25, 0.3) is 0 Å². The molecule has 1 aliphatic rings. The van der Waals surface area contributed by atoms with Crippen molar-refractivity contribution >= 4 is 34.2 Å². The molecule has 82 valence electrons. The van der Waals surface area contributed by atoms with Crippen LogP contribution >= 0.6 is 22.7 Å². The Hall–Kier alpha value is -1.90. The quantitative estimate of drug-likeness (QED) is 0.539. The molecular formula is C12H5NO2S2. The highest BCUT2D eigenvalue weighted by Crippen LogP contribution is 2.50. The molecule has 1 aliphatic carbocycles. The van der Waals surface area contributed by atoms with E-state index in [1.54, 1.807) is 28.7 Å². The highest BCUT2D eigenvalue weighted by atomic mass is 32.1. The SMILES string of the molecule is N#CC(C(=O)O)=C1c2ccsc2-c2sccc21. The van der Waals surface area contributed by atoms with Gasteiger partial charge in [0, 0.05) is 16.7 Å². The third kappa shape index (κ3) is 1.28. The van der Waals surface area contributed by atoms with E-state index >= 15 is 0 Å². The van der Waals surface area contributed by atoms with Gasteiger partial charge < -0.3 is 5.11 Å². The third-order valence-corrected chi connectivity index (χ3v) is 4.64. The predicted molar refractivity (Wildman–Crippen MR) is 66.9 cm³/mol. The lowest BCUT2D eigenvalue weighted by Crippen LogP contribution is -2.01. The van der Waals surface area contributed by atoms with Crippen molar-refractivity contribution in [2.24, 2.45) is 0 Å². The van der Waals surface area contributed by atoms with Crippen molar-refractivity contribution in [3.63, 3.8) is 0 Å². The maximum atomic E-state index is 11.1. The van der Waals surface area contributed by atoms with E-state index in [1.165, 1.54) is 0 Å². The van der Waals surface area contributed by atoms with E-state index in [-0.39, 0.29) is 5.57 Å². The number of hydrogen-bond donors (Lipinski definition) is 1. The molecule has 3 rings (SSSR count). The molecule has 0 spiro atoms. The molecule has 0 radical (unpaired) electrons. The van der Waals surface area contributed by atoms with Gasteiger partial charge in [-0.15, -0.1) is 22.7 Å². The number of carbonyl (C=O) groups is 1. The van der Waals surface area contributed by atoms with Crippen LogP contribution in [-0.4, -0.2) is 11.1 Å². The maximum Gasteiger partial charge on any atom is 0.347 e. The summed E-state index contributed by atoms with van der Waals surface area (Å²) in [5.74, 6) is -1.17. The van der Waals surface area contributed by atoms with Gasteiger partial charge in [-0.2, -0.15) is 5.26 Å². The van der Waals surface area contributed by atoms with E-state index in [4.69, 9.17) is 10.4 Å². The monoisotopic (exact) mass is 259 g/mol. The molecule has 2 aromatic rings. The summed E-state index contributed by atoms with van der Waals surface area (Å²) in [7, 11) is 0. The van der Waals surface area contributed by atoms with Crippen LogP contribution in [0.3, 0.4) is 0 Å². The molecule has 0 atom stereocenters. The van der Waals surface area contributed by atoms with Crippen LogP contribution in [0.25, 0.3) is 15.3 Å². The Morgan fingerprint density at radius 3 is 2.12 bits per heavy atom. The van der Waals surface area contributed by atoms with Crippen molar-refractivity contribution in [2.75, 3.05) is 0 Å². The largest absolute Gasteiger partial charge is 0.477 e. The van der Waals surface area contributed by atoms with Crippen LogP contribution in [0, 0.1) is 11.3 Å². The summed E-state index contributed by atoms with van der Waals surface area (Å²) in [6, 6.07) is 5.55. The second-order valence-corrected chi connectivity index (χ2v) is 5.33. The number of rotatable bonds is 1. The zero-order valence-corrected chi connectivity index (χ0v) is 10.1. The van der Waals surface area contributed by atoms with Crippen molar-refractivity contribution in [2.45, 2.75) is 0 Å². The first kappa shape index (κ1) is 10.3. The molecule has 0 unspecified atom stereocenters.